The van der Waals surface area contributed by atoms with Crippen molar-refractivity contribution in [2.45, 2.75) is 12.8 Å². The molecule has 3 nitrogen and oxygen atoms in total. The van der Waals surface area contributed by atoms with Gasteiger partial charge < -0.3 is 0 Å². The van der Waals surface area contributed by atoms with Gasteiger partial charge in [0.15, 0.2) is 0 Å². The fourth-order valence-corrected chi connectivity index (χ4v) is 2.76. The Balaban J connectivity index is 0.00000208. The van der Waals surface area contributed by atoms with Gasteiger partial charge in [-0.3, -0.25) is 9.80 Å². The third-order valence-corrected chi connectivity index (χ3v) is 4.08. The lowest BCUT2D eigenvalue weighted by molar-refractivity contribution is -0.130. The summed E-state index contributed by atoms with van der Waals surface area (Å²) in [6.07, 6.45) is 1.14. The van der Waals surface area contributed by atoms with Crippen LogP contribution in [0.3, 0.4) is 0 Å². The first-order chi connectivity index (χ1) is 11.1. The highest BCUT2D eigenvalue weighted by atomic mass is 35.5. The van der Waals surface area contributed by atoms with Crippen molar-refractivity contribution in [2.75, 3.05) is 7.05 Å². The number of hydrogen-bond acceptors (Lipinski definition) is 2. The molecule has 0 saturated heterocycles. The molecule has 0 bridgehead atoms. The van der Waals surface area contributed by atoms with Crippen LogP contribution in [0.2, 0.25) is 0 Å². The smallest absolute Gasteiger partial charge is 0.236 e. The SMILES string of the molecule is CN(N)C(=O)CCc1ccc(-c2cccc3ccccc23)cc1.Cl. The largest absolute Gasteiger partial charge is 0.284 e. The molecule has 0 fully saturated rings. The monoisotopic (exact) mass is 340 g/mol. The van der Waals surface area contributed by atoms with E-state index in [0.29, 0.717) is 12.8 Å². The fourth-order valence-electron chi connectivity index (χ4n) is 2.76. The standard InChI is InChI=1S/C20H20N2O.ClH/c1-22(21)20(23)14-11-15-9-12-17(13-10-15)19-8-4-6-16-5-2-3-7-18(16)19;/h2-10,12-13H,11,14,21H2,1H3;1H. The molecule has 3 rings (SSSR count). The number of amides is 1. The summed E-state index contributed by atoms with van der Waals surface area (Å²) in [6.45, 7) is 0. The number of hydrazine groups is 1. The lowest BCUT2D eigenvalue weighted by Crippen LogP contribution is -2.33. The highest BCUT2D eigenvalue weighted by Crippen LogP contribution is 2.28. The molecule has 3 aromatic carbocycles. The molecule has 0 aliphatic heterocycles. The molecule has 124 valence electrons. The molecule has 4 heteroatoms. The van der Waals surface area contributed by atoms with Crippen molar-refractivity contribution in [1.82, 2.24) is 5.01 Å². The van der Waals surface area contributed by atoms with Crippen LogP contribution < -0.4 is 5.84 Å². The topological polar surface area (TPSA) is 46.3 Å². The highest BCUT2D eigenvalue weighted by molar-refractivity contribution is 5.96. The summed E-state index contributed by atoms with van der Waals surface area (Å²) >= 11 is 0. The molecule has 0 aromatic heterocycles. The Morgan fingerprint density at radius 2 is 1.62 bits per heavy atom. The normalized spacial score (nSPS) is 10.2. The molecular formula is C20H21ClN2O. The Bertz CT molecular complexity index is 823. The zero-order valence-electron chi connectivity index (χ0n) is 13.6. The number of carbonyl (C=O) groups is 1. The van der Waals surface area contributed by atoms with Crippen molar-refractivity contribution in [3.05, 3.63) is 72.3 Å². The third kappa shape index (κ3) is 3.94. The van der Waals surface area contributed by atoms with Gasteiger partial charge in [-0.15, -0.1) is 12.4 Å². The van der Waals surface area contributed by atoms with E-state index >= 15 is 0 Å². The van der Waals surface area contributed by atoms with Gasteiger partial charge in [0.05, 0.1) is 0 Å². The summed E-state index contributed by atoms with van der Waals surface area (Å²) in [5, 5.41) is 3.64. The number of nitrogens with two attached hydrogens (primary N) is 1. The lowest BCUT2D eigenvalue weighted by atomic mass is 9.97. The number of carbonyl (C=O) groups excluding carboxylic acids is 1. The summed E-state index contributed by atoms with van der Waals surface area (Å²) in [4.78, 5) is 11.6. The first-order valence-electron chi connectivity index (χ1n) is 7.73. The zero-order valence-corrected chi connectivity index (χ0v) is 14.4. The minimum Gasteiger partial charge on any atom is -0.284 e. The van der Waals surface area contributed by atoms with E-state index in [1.165, 1.54) is 21.9 Å². The molecule has 0 spiro atoms. The molecule has 0 saturated carbocycles. The number of benzene rings is 3. The number of aryl methyl sites for hydroxylation is 1. The van der Waals surface area contributed by atoms with Crippen LogP contribution >= 0.6 is 12.4 Å². The Labute approximate surface area is 148 Å². The van der Waals surface area contributed by atoms with Crippen molar-refractivity contribution in [2.24, 2.45) is 5.84 Å². The summed E-state index contributed by atoms with van der Waals surface area (Å²) < 4.78 is 0. The summed E-state index contributed by atoms with van der Waals surface area (Å²) in [5.74, 6) is 5.38. The molecular weight excluding hydrogens is 320 g/mol. The van der Waals surface area contributed by atoms with Gasteiger partial charge in [-0.05, 0) is 33.9 Å². The van der Waals surface area contributed by atoms with Crippen LogP contribution in [0, 0.1) is 0 Å². The van der Waals surface area contributed by atoms with Gasteiger partial charge in [0, 0.05) is 13.5 Å². The van der Waals surface area contributed by atoms with Crippen molar-refractivity contribution < 1.29 is 4.79 Å². The molecule has 1 amide bonds. The van der Waals surface area contributed by atoms with Crippen LogP contribution in [-0.4, -0.2) is 18.0 Å². The van der Waals surface area contributed by atoms with Crippen molar-refractivity contribution in [3.63, 3.8) is 0 Å². The zero-order chi connectivity index (χ0) is 16.2. The van der Waals surface area contributed by atoms with E-state index < -0.39 is 0 Å². The fraction of sp³-hybridized carbons (Fsp3) is 0.150. The van der Waals surface area contributed by atoms with Gasteiger partial charge in [-0.2, -0.15) is 0 Å². The summed E-state index contributed by atoms with van der Waals surface area (Å²) in [6, 6.07) is 23.2. The second kappa shape index (κ2) is 7.95. The molecule has 0 aliphatic rings. The predicted octanol–water partition coefficient (Wildman–Crippen LogP) is 4.19. The van der Waals surface area contributed by atoms with Gasteiger partial charge >= 0.3 is 0 Å². The van der Waals surface area contributed by atoms with E-state index in [0.717, 1.165) is 10.6 Å². The second-order valence-electron chi connectivity index (χ2n) is 5.73. The van der Waals surface area contributed by atoms with Crippen LogP contribution in [0.25, 0.3) is 21.9 Å². The van der Waals surface area contributed by atoms with Crippen LogP contribution in [0.4, 0.5) is 0 Å². The van der Waals surface area contributed by atoms with Crippen molar-refractivity contribution >= 4 is 29.1 Å². The Kier molecular flexibility index (Phi) is 5.96. The van der Waals surface area contributed by atoms with Gasteiger partial charge in [-0.1, -0.05) is 66.7 Å². The number of halogens is 1. The van der Waals surface area contributed by atoms with Crippen LogP contribution in [0.15, 0.2) is 66.7 Å². The Morgan fingerprint density at radius 3 is 2.33 bits per heavy atom. The van der Waals surface area contributed by atoms with E-state index in [1.54, 1.807) is 7.05 Å². The molecule has 0 aliphatic carbocycles. The number of nitrogens with zero attached hydrogens (tertiary/aromatic N) is 1. The van der Waals surface area contributed by atoms with Gasteiger partial charge in [0.1, 0.15) is 0 Å². The van der Waals surface area contributed by atoms with Crippen LogP contribution in [0.5, 0.6) is 0 Å². The highest BCUT2D eigenvalue weighted by Gasteiger charge is 2.06. The van der Waals surface area contributed by atoms with E-state index in [4.69, 9.17) is 5.84 Å². The van der Waals surface area contributed by atoms with Crippen LogP contribution in [-0.2, 0) is 11.2 Å². The van der Waals surface area contributed by atoms with Gasteiger partial charge in [0.2, 0.25) is 5.91 Å². The average Bonchev–Trinajstić information content (AvgIpc) is 2.59. The Morgan fingerprint density at radius 1 is 0.958 bits per heavy atom. The molecule has 24 heavy (non-hydrogen) atoms. The minimum atomic E-state index is -0.0527. The second-order valence-corrected chi connectivity index (χ2v) is 5.73. The molecule has 3 aromatic rings. The quantitative estimate of drug-likeness (QED) is 0.439. The predicted molar refractivity (Wildman–Crippen MR) is 102 cm³/mol. The molecule has 0 heterocycles. The van der Waals surface area contributed by atoms with E-state index in [-0.39, 0.29) is 18.3 Å². The molecule has 0 unspecified atom stereocenters. The minimum absolute atomic E-state index is 0. The van der Waals surface area contributed by atoms with Crippen LogP contribution in [0.1, 0.15) is 12.0 Å². The molecule has 0 atom stereocenters. The summed E-state index contributed by atoms with van der Waals surface area (Å²) in [5.41, 5.74) is 3.56. The third-order valence-electron chi connectivity index (χ3n) is 4.08. The first-order valence-corrected chi connectivity index (χ1v) is 7.73. The Hall–Kier alpha value is -2.36. The van der Waals surface area contributed by atoms with E-state index in [2.05, 4.69) is 66.7 Å². The lowest BCUT2D eigenvalue weighted by Gasteiger charge is -2.10. The maximum absolute atomic E-state index is 11.6. The van der Waals surface area contributed by atoms with Gasteiger partial charge in [-0.25, -0.2) is 5.84 Å². The van der Waals surface area contributed by atoms with E-state index in [9.17, 15) is 4.79 Å². The maximum Gasteiger partial charge on any atom is 0.236 e. The van der Waals surface area contributed by atoms with Gasteiger partial charge in [0.25, 0.3) is 0 Å². The van der Waals surface area contributed by atoms with Crippen molar-refractivity contribution in [1.29, 1.82) is 0 Å². The van der Waals surface area contributed by atoms with Crippen molar-refractivity contribution in [3.8, 4) is 11.1 Å². The number of rotatable bonds is 4. The first kappa shape index (κ1) is 18.0. The maximum atomic E-state index is 11.6. The average molecular weight is 341 g/mol. The summed E-state index contributed by atoms with van der Waals surface area (Å²) in [7, 11) is 1.58. The number of hydrogen-bond donors (Lipinski definition) is 1. The molecule has 0 radical (unpaired) electrons. The molecule has 2 N–H and O–H groups in total. The van der Waals surface area contributed by atoms with E-state index in [1.807, 2.05) is 0 Å². The number of fused-ring (bicyclic) bond motifs is 1.